The summed E-state index contributed by atoms with van der Waals surface area (Å²) in [6, 6.07) is 6.93. The van der Waals surface area contributed by atoms with Gasteiger partial charge in [-0.15, -0.1) is 0 Å². The first-order valence-corrected chi connectivity index (χ1v) is 10.2. The lowest BCUT2D eigenvalue weighted by atomic mass is 10.1. The standard InChI is InChI=1S/C18H21N5O3S.C2H6/c1-4-11-8-12(26-10-11)9-19-16-17(22-27-21-16)20-14-7-5-6-13(15(14)24)18(25)23(2)3;1-2/h5-8,10,24H,4,9H2,1-3H3,(H,19,21)(H,20,22);1-2H3. The Balaban J connectivity index is 0.00000145. The van der Waals surface area contributed by atoms with Crippen molar-refractivity contribution in [2.75, 3.05) is 24.7 Å². The highest BCUT2D eigenvalue weighted by atomic mass is 32.1. The van der Waals surface area contributed by atoms with Crippen molar-refractivity contribution >= 4 is 35.0 Å². The first-order valence-electron chi connectivity index (χ1n) is 9.43. The number of aromatic nitrogens is 2. The molecule has 8 nitrogen and oxygen atoms in total. The van der Waals surface area contributed by atoms with Crippen LogP contribution in [0.4, 0.5) is 17.3 Å². The highest BCUT2D eigenvalue weighted by Crippen LogP contribution is 2.32. The van der Waals surface area contributed by atoms with Gasteiger partial charge in [-0.3, -0.25) is 4.79 Å². The van der Waals surface area contributed by atoms with E-state index in [2.05, 4.69) is 26.3 Å². The number of hydrogen-bond donors (Lipinski definition) is 3. The highest BCUT2D eigenvalue weighted by molar-refractivity contribution is 6.99. The van der Waals surface area contributed by atoms with Gasteiger partial charge >= 0.3 is 0 Å². The quantitative estimate of drug-likeness (QED) is 0.487. The number of furan rings is 1. The van der Waals surface area contributed by atoms with E-state index in [4.69, 9.17) is 4.42 Å². The molecule has 0 aliphatic heterocycles. The van der Waals surface area contributed by atoms with Gasteiger partial charge < -0.3 is 25.1 Å². The summed E-state index contributed by atoms with van der Waals surface area (Å²) < 4.78 is 13.9. The van der Waals surface area contributed by atoms with Crippen molar-refractivity contribution in [2.45, 2.75) is 33.7 Å². The predicted molar refractivity (Wildman–Crippen MR) is 116 cm³/mol. The van der Waals surface area contributed by atoms with Crippen molar-refractivity contribution < 1.29 is 14.3 Å². The van der Waals surface area contributed by atoms with Crippen molar-refractivity contribution in [1.29, 1.82) is 0 Å². The van der Waals surface area contributed by atoms with E-state index in [1.54, 1.807) is 38.6 Å². The number of rotatable bonds is 7. The Bertz CT molecular complexity index is 936. The van der Waals surface area contributed by atoms with E-state index in [-0.39, 0.29) is 17.2 Å². The Labute approximate surface area is 174 Å². The van der Waals surface area contributed by atoms with Crippen LogP contribution >= 0.6 is 11.7 Å². The minimum atomic E-state index is -0.282. The van der Waals surface area contributed by atoms with Crippen LogP contribution in [0.15, 0.2) is 34.9 Å². The smallest absolute Gasteiger partial charge is 0.257 e. The van der Waals surface area contributed by atoms with Crippen molar-refractivity contribution in [2.24, 2.45) is 0 Å². The number of anilines is 3. The van der Waals surface area contributed by atoms with Gasteiger partial charge in [-0.05, 0) is 30.2 Å². The molecule has 0 aliphatic rings. The third-order valence-corrected chi connectivity index (χ3v) is 4.49. The molecule has 2 heterocycles. The van der Waals surface area contributed by atoms with Gasteiger partial charge in [-0.25, -0.2) is 0 Å². The average molecular weight is 418 g/mol. The second kappa shape index (κ2) is 10.5. The Morgan fingerprint density at radius 1 is 1.24 bits per heavy atom. The van der Waals surface area contributed by atoms with Gasteiger partial charge in [0, 0.05) is 14.1 Å². The largest absolute Gasteiger partial charge is 0.505 e. The molecule has 0 saturated heterocycles. The van der Waals surface area contributed by atoms with Crippen molar-refractivity contribution in [3.05, 3.63) is 47.4 Å². The summed E-state index contributed by atoms with van der Waals surface area (Å²) in [4.78, 5) is 13.6. The highest BCUT2D eigenvalue weighted by Gasteiger charge is 2.17. The van der Waals surface area contributed by atoms with E-state index in [9.17, 15) is 9.90 Å². The molecule has 0 atom stereocenters. The minimum absolute atomic E-state index is 0.131. The van der Waals surface area contributed by atoms with Crippen LogP contribution in [-0.2, 0) is 13.0 Å². The topological polar surface area (TPSA) is 104 Å². The molecule has 0 spiro atoms. The third-order valence-electron chi connectivity index (χ3n) is 3.96. The van der Waals surface area contributed by atoms with Crippen LogP contribution in [0.2, 0.25) is 0 Å². The Morgan fingerprint density at radius 2 is 1.97 bits per heavy atom. The number of phenolic OH excluding ortho intramolecular Hbond substituents is 1. The molecule has 3 rings (SSSR count). The fourth-order valence-electron chi connectivity index (χ4n) is 2.45. The van der Waals surface area contributed by atoms with E-state index in [1.165, 1.54) is 4.90 Å². The number of amides is 1. The van der Waals surface area contributed by atoms with Crippen LogP contribution in [0, 0.1) is 0 Å². The Morgan fingerprint density at radius 3 is 2.62 bits per heavy atom. The van der Waals surface area contributed by atoms with E-state index >= 15 is 0 Å². The number of benzene rings is 1. The van der Waals surface area contributed by atoms with Gasteiger partial charge in [0.25, 0.3) is 5.91 Å². The molecule has 0 unspecified atom stereocenters. The van der Waals surface area contributed by atoms with Gasteiger partial charge in [0.15, 0.2) is 17.4 Å². The summed E-state index contributed by atoms with van der Waals surface area (Å²) in [7, 11) is 3.26. The zero-order valence-electron chi connectivity index (χ0n) is 17.3. The van der Waals surface area contributed by atoms with Gasteiger partial charge in [-0.2, -0.15) is 8.75 Å². The zero-order chi connectivity index (χ0) is 21.4. The second-order valence-electron chi connectivity index (χ2n) is 6.12. The number of aromatic hydroxyl groups is 1. The molecule has 2 aromatic heterocycles. The summed E-state index contributed by atoms with van der Waals surface area (Å²) in [6.07, 6.45) is 2.65. The molecule has 156 valence electrons. The maximum absolute atomic E-state index is 12.2. The Kier molecular flexibility index (Phi) is 8.02. The number of aryl methyl sites for hydroxylation is 1. The van der Waals surface area contributed by atoms with Crippen LogP contribution in [0.5, 0.6) is 5.75 Å². The minimum Gasteiger partial charge on any atom is -0.505 e. The first kappa shape index (κ1) is 22.2. The van der Waals surface area contributed by atoms with Crippen LogP contribution in [0.1, 0.15) is 42.5 Å². The predicted octanol–water partition coefficient (Wildman–Crippen LogP) is 4.48. The van der Waals surface area contributed by atoms with E-state index in [1.807, 2.05) is 19.9 Å². The van der Waals surface area contributed by atoms with Gasteiger partial charge in [0.05, 0.1) is 35.8 Å². The molecule has 0 radical (unpaired) electrons. The van der Waals surface area contributed by atoms with Crippen molar-refractivity contribution in [3.8, 4) is 5.75 Å². The molecule has 0 saturated carbocycles. The van der Waals surface area contributed by atoms with Gasteiger partial charge in [-0.1, -0.05) is 26.8 Å². The maximum Gasteiger partial charge on any atom is 0.257 e. The summed E-state index contributed by atoms with van der Waals surface area (Å²) in [5.41, 5.74) is 1.73. The van der Waals surface area contributed by atoms with E-state index in [0.29, 0.717) is 23.9 Å². The van der Waals surface area contributed by atoms with Crippen LogP contribution in [-0.4, -0.2) is 38.8 Å². The molecule has 0 aliphatic carbocycles. The number of carbonyl (C=O) groups excluding carboxylic acids is 1. The number of para-hydroxylation sites is 1. The number of phenols is 1. The average Bonchev–Trinajstić information content (AvgIpc) is 3.38. The monoisotopic (exact) mass is 417 g/mol. The fourth-order valence-corrected chi connectivity index (χ4v) is 2.93. The van der Waals surface area contributed by atoms with Gasteiger partial charge in [0.2, 0.25) is 0 Å². The summed E-state index contributed by atoms with van der Waals surface area (Å²) in [6.45, 7) is 6.53. The van der Waals surface area contributed by atoms with Crippen molar-refractivity contribution in [3.63, 3.8) is 0 Å². The molecule has 1 aromatic carbocycles. The molecular formula is C20H27N5O3S. The third kappa shape index (κ3) is 5.47. The van der Waals surface area contributed by atoms with E-state index in [0.717, 1.165) is 29.5 Å². The molecule has 1 amide bonds. The van der Waals surface area contributed by atoms with Gasteiger partial charge in [0.1, 0.15) is 5.76 Å². The lowest BCUT2D eigenvalue weighted by Gasteiger charge is -2.14. The lowest BCUT2D eigenvalue weighted by molar-refractivity contribution is 0.0824. The van der Waals surface area contributed by atoms with Crippen LogP contribution < -0.4 is 10.6 Å². The molecule has 9 heteroatoms. The maximum atomic E-state index is 12.2. The van der Waals surface area contributed by atoms with Crippen LogP contribution in [0.3, 0.4) is 0 Å². The van der Waals surface area contributed by atoms with E-state index < -0.39 is 0 Å². The molecule has 29 heavy (non-hydrogen) atoms. The number of nitrogens with zero attached hydrogens (tertiary/aromatic N) is 3. The molecule has 0 fully saturated rings. The molecule has 0 bridgehead atoms. The summed E-state index contributed by atoms with van der Waals surface area (Å²) in [5, 5.41) is 16.6. The summed E-state index contributed by atoms with van der Waals surface area (Å²) >= 11 is 1.04. The van der Waals surface area contributed by atoms with Crippen molar-refractivity contribution in [1.82, 2.24) is 13.6 Å². The Hall–Kier alpha value is -3.07. The first-order chi connectivity index (χ1) is 14.0. The molecule has 3 N–H and O–H groups in total. The van der Waals surface area contributed by atoms with Crippen LogP contribution in [0.25, 0.3) is 0 Å². The number of hydrogen-bond acceptors (Lipinski definition) is 8. The molecular weight excluding hydrogens is 390 g/mol. The number of carbonyl (C=O) groups is 1. The number of nitrogens with one attached hydrogen (secondary N) is 2. The second-order valence-corrected chi connectivity index (χ2v) is 6.64. The summed E-state index contributed by atoms with van der Waals surface area (Å²) in [5.74, 6) is 1.39. The zero-order valence-corrected chi connectivity index (χ0v) is 18.1. The SMILES string of the molecule is CC.CCc1coc(CNc2nsnc2Nc2cccc(C(=O)N(C)C)c2O)c1. The fraction of sp³-hybridized carbons (Fsp3) is 0.350. The lowest BCUT2D eigenvalue weighted by Crippen LogP contribution is -2.21. The molecule has 3 aromatic rings. The normalized spacial score (nSPS) is 10.1.